The van der Waals surface area contributed by atoms with Crippen LogP contribution in [0.4, 0.5) is 37.2 Å². The largest absolute Gasteiger partial charge is 0.461 e. The van der Waals surface area contributed by atoms with E-state index in [0.29, 0.717) is 49.7 Å². The number of nitrogens with zero attached hydrogens (tertiary/aromatic N) is 6. The van der Waals surface area contributed by atoms with Crippen LogP contribution in [-0.4, -0.2) is 82.8 Å². The van der Waals surface area contributed by atoms with Crippen LogP contribution in [0.1, 0.15) is 57.1 Å². The normalized spacial score (nSPS) is 25.7. The molecule has 3 aliphatic heterocycles. The third-order valence-electron chi connectivity index (χ3n) is 11.6. The molecule has 2 aromatic heterocycles. The Morgan fingerprint density at radius 1 is 1.23 bits per heavy atom. The number of hydrogen-bond acceptors (Lipinski definition) is 9. The van der Waals surface area contributed by atoms with E-state index >= 15 is 17.6 Å². The van der Waals surface area contributed by atoms with Crippen LogP contribution in [0.5, 0.6) is 6.01 Å². The maximum Gasteiger partial charge on any atom is 0.417 e. The summed E-state index contributed by atoms with van der Waals surface area (Å²) in [6, 6.07) is 3.91. The minimum atomic E-state index is -5.11. The number of ether oxygens (including phenoxy) is 1. The van der Waals surface area contributed by atoms with Crippen LogP contribution in [-0.2, 0) is 11.0 Å². The van der Waals surface area contributed by atoms with E-state index in [1.54, 1.807) is 16.7 Å². The first-order chi connectivity index (χ1) is 25.2. The number of nitriles is 1. The smallest absolute Gasteiger partial charge is 0.417 e. The fourth-order valence-electron chi connectivity index (χ4n) is 8.80. The molecular formula is C37H37F6N7O2S. The second-order valence-corrected chi connectivity index (χ2v) is 15.8. The molecule has 280 valence electrons. The molecule has 0 spiro atoms. The van der Waals surface area contributed by atoms with E-state index in [0.717, 1.165) is 31.0 Å². The van der Waals surface area contributed by atoms with E-state index in [-0.39, 0.29) is 87.4 Å². The number of hydrogen-bond donors (Lipinski definition) is 1. The Morgan fingerprint density at radius 2 is 2.00 bits per heavy atom. The first kappa shape index (κ1) is 35.7. The van der Waals surface area contributed by atoms with Crippen molar-refractivity contribution in [2.24, 2.45) is 11.8 Å². The molecule has 0 bridgehead atoms. The Bertz CT molecular complexity index is 2190. The number of halogens is 6. The first-order valence-corrected chi connectivity index (χ1v) is 18.7. The summed E-state index contributed by atoms with van der Waals surface area (Å²) in [5.74, 6) is -1.89. The summed E-state index contributed by atoms with van der Waals surface area (Å²) in [7, 11) is 0. The lowest BCUT2D eigenvalue weighted by Crippen LogP contribution is -2.43. The van der Waals surface area contributed by atoms with Crippen LogP contribution in [0.15, 0.2) is 18.2 Å². The molecular weight excluding hydrogens is 721 g/mol. The van der Waals surface area contributed by atoms with Crippen LogP contribution >= 0.6 is 11.3 Å². The van der Waals surface area contributed by atoms with E-state index in [4.69, 9.17) is 10.5 Å². The number of nitrogens with two attached hydrogens (primary N) is 1. The zero-order chi connectivity index (χ0) is 37.6. The Morgan fingerprint density at radius 3 is 2.70 bits per heavy atom. The minimum absolute atomic E-state index is 0.000137. The SMILES string of the molecule is CCN(c1nc(OCC23CCCN2CC(F)C3)nc2c(F)c(-c3ccc(F)c4sc(N)c(C#N)c34)c(C(F)(F)F)cc12)C1CCN(C(=O)C2CC2C)C1. The molecule has 0 radical (unpaired) electrons. The molecule has 5 heterocycles. The third kappa shape index (κ3) is 5.90. The van der Waals surface area contributed by atoms with Gasteiger partial charge in [0.05, 0.1) is 21.4 Å². The Hall–Kier alpha value is -4.36. The van der Waals surface area contributed by atoms with Crippen LogP contribution in [0, 0.1) is 34.8 Å². The highest BCUT2D eigenvalue weighted by Crippen LogP contribution is 2.49. The number of fused-ring (bicyclic) bond motifs is 3. The van der Waals surface area contributed by atoms with Gasteiger partial charge in [-0.2, -0.15) is 28.4 Å². The predicted molar refractivity (Wildman–Crippen MR) is 188 cm³/mol. The highest BCUT2D eigenvalue weighted by molar-refractivity contribution is 7.23. The summed E-state index contributed by atoms with van der Waals surface area (Å²) in [5, 5.41) is 9.29. The monoisotopic (exact) mass is 757 g/mol. The lowest BCUT2D eigenvalue weighted by Gasteiger charge is -2.32. The summed E-state index contributed by atoms with van der Waals surface area (Å²) < 4.78 is 98.2. The summed E-state index contributed by atoms with van der Waals surface area (Å²) in [4.78, 5) is 27.7. The number of nitrogen functional groups attached to an aromatic ring is 1. The second kappa shape index (κ2) is 12.9. The number of benzene rings is 2. The number of alkyl halides is 4. The number of anilines is 2. The third-order valence-corrected chi connectivity index (χ3v) is 12.6. The highest BCUT2D eigenvalue weighted by Gasteiger charge is 2.50. The van der Waals surface area contributed by atoms with Crippen molar-refractivity contribution in [1.82, 2.24) is 19.8 Å². The standard InChI is InChI=1S/C37H37F6N7O2S/c1-3-50(20-7-10-48(16-20)34(51)22-11-18(22)2)33-23-12-25(37(41,42)43)28(21-5-6-26(39)31-27(21)24(14-44)32(45)53-31)29(40)30(23)46-35(47-33)52-17-36-8-4-9-49(36)15-19(38)13-36/h5-6,12,18-20,22H,3-4,7-11,13,15-17,45H2,1-2H3. The zero-order valence-electron chi connectivity index (χ0n) is 29.1. The molecule has 4 aromatic rings. The molecule has 4 fully saturated rings. The van der Waals surface area contributed by atoms with Crippen molar-refractivity contribution >= 4 is 49.1 Å². The van der Waals surface area contributed by atoms with Gasteiger partial charge in [0.1, 0.15) is 41.0 Å². The summed E-state index contributed by atoms with van der Waals surface area (Å²) in [6.07, 6.45) is -3.10. The molecule has 8 rings (SSSR count). The van der Waals surface area contributed by atoms with Gasteiger partial charge in [0.15, 0.2) is 5.82 Å². The van der Waals surface area contributed by atoms with Crippen molar-refractivity contribution in [3.05, 3.63) is 41.0 Å². The quantitative estimate of drug-likeness (QED) is 0.187. The van der Waals surface area contributed by atoms with Gasteiger partial charge in [0.2, 0.25) is 5.91 Å². The Balaban J connectivity index is 1.31. The first-order valence-electron chi connectivity index (χ1n) is 17.8. The van der Waals surface area contributed by atoms with Crippen molar-refractivity contribution in [3.63, 3.8) is 0 Å². The number of thiophene rings is 1. The van der Waals surface area contributed by atoms with Gasteiger partial charge in [-0.3, -0.25) is 9.69 Å². The van der Waals surface area contributed by atoms with E-state index in [2.05, 4.69) is 9.97 Å². The average Bonchev–Trinajstić information content (AvgIpc) is 3.47. The van der Waals surface area contributed by atoms with Crippen LogP contribution in [0.25, 0.3) is 32.1 Å². The molecule has 1 saturated carbocycles. The zero-order valence-corrected chi connectivity index (χ0v) is 29.9. The second-order valence-electron chi connectivity index (χ2n) is 14.8. The number of likely N-dealkylation sites (N-methyl/N-ethyl adjacent to an activating group) is 1. The molecule has 53 heavy (non-hydrogen) atoms. The minimum Gasteiger partial charge on any atom is -0.461 e. The van der Waals surface area contributed by atoms with E-state index in [1.807, 2.05) is 17.9 Å². The maximum atomic E-state index is 17.2. The van der Waals surface area contributed by atoms with Gasteiger partial charge in [-0.15, -0.1) is 11.3 Å². The van der Waals surface area contributed by atoms with Crippen molar-refractivity contribution in [2.45, 2.75) is 69.9 Å². The van der Waals surface area contributed by atoms with Crippen LogP contribution in [0.3, 0.4) is 0 Å². The van der Waals surface area contributed by atoms with Gasteiger partial charge in [0, 0.05) is 60.9 Å². The van der Waals surface area contributed by atoms with Crippen molar-refractivity contribution in [1.29, 1.82) is 5.26 Å². The Labute approximate surface area is 305 Å². The summed E-state index contributed by atoms with van der Waals surface area (Å²) in [5.41, 5.74) is 1.97. The molecule has 2 aromatic carbocycles. The number of likely N-dealkylation sites (tertiary alicyclic amines) is 1. The molecule has 5 unspecified atom stereocenters. The van der Waals surface area contributed by atoms with E-state index in [1.165, 1.54) is 0 Å². The van der Waals surface area contributed by atoms with Gasteiger partial charge in [-0.25, -0.2) is 13.2 Å². The van der Waals surface area contributed by atoms with E-state index < -0.39 is 46.2 Å². The summed E-state index contributed by atoms with van der Waals surface area (Å²) >= 11 is 0.687. The molecule has 16 heteroatoms. The van der Waals surface area contributed by atoms with Crippen molar-refractivity contribution in [2.75, 3.05) is 50.0 Å². The molecule has 3 saturated heterocycles. The maximum absolute atomic E-state index is 17.2. The molecule has 1 amide bonds. The fourth-order valence-corrected chi connectivity index (χ4v) is 9.74. The highest BCUT2D eigenvalue weighted by atomic mass is 32.1. The van der Waals surface area contributed by atoms with E-state index in [9.17, 15) is 18.8 Å². The summed E-state index contributed by atoms with van der Waals surface area (Å²) in [6.45, 7) is 5.77. The number of carbonyl (C=O) groups is 1. The van der Waals surface area contributed by atoms with Crippen LogP contribution in [0.2, 0.25) is 0 Å². The van der Waals surface area contributed by atoms with Gasteiger partial charge < -0.3 is 20.3 Å². The number of carbonyl (C=O) groups excluding carboxylic acids is 1. The lowest BCUT2D eigenvalue weighted by atomic mass is 9.92. The van der Waals surface area contributed by atoms with Crippen LogP contribution < -0.4 is 15.4 Å². The Kier molecular flexibility index (Phi) is 8.68. The van der Waals surface area contributed by atoms with Gasteiger partial charge in [0.25, 0.3) is 0 Å². The fraction of sp³-hybridized carbons (Fsp3) is 0.514. The molecule has 2 N–H and O–H groups in total. The number of rotatable bonds is 8. The van der Waals surface area contributed by atoms with Crippen molar-refractivity contribution < 1.29 is 35.9 Å². The molecule has 5 atom stereocenters. The van der Waals surface area contributed by atoms with Gasteiger partial charge in [-0.05, 0) is 62.8 Å². The predicted octanol–water partition coefficient (Wildman–Crippen LogP) is 7.30. The lowest BCUT2D eigenvalue weighted by molar-refractivity contribution is -0.137. The molecule has 4 aliphatic rings. The number of amides is 1. The van der Waals surface area contributed by atoms with Gasteiger partial charge in [-0.1, -0.05) is 13.0 Å². The molecule has 9 nitrogen and oxygen atoms in total. The average molecular weight is 758 g/mol. The van der Waals surface area contributed by atoms with Gasteiger partial charge >= 0.3 is 12.2 Å². The van der Waals surface area contributed by atoms with Crippen molar-refractivity contribution in [3.8, 4) is 23.2 Å². The topological polar surface area (TPSA) is 112 Å². The molecule has 1 aliphatic carbocycles. The number of aromatic nitrogens is 2.